The highest BCUT2D eigenvalue weighted by molar-refractivity contribution is 6.33. The normalized spacial score (nSPS) is 11.1. The van der Waals surface area contributed by atoms with E-state index in [0.717, 1.165) is 0 Å². The standard InChI is InChI=1S/C19H13Cl2FN2O3/c1-26-19(25)17-15(9-10-23-12-7-5-11(20)6-8-12)27-24-18(17)16-13(21)3-2-4-14(16)22/h2-8,10H,9H2,1H3. The molecule has 0 fully saturated rings. The van der Waals surface area contributed by atoms with Gasteiger partial charge in [-0.05, 0) is 36.4 Å². The molecule has 0 spiro atoms. The number of esters is 1. The molecule has 2 aromatic carbocycles. The third-order valence-corrected chi connectivity index (χ3v) is 4.26. The average molecular weight is 407 g/mol. The Kier molecular flexibility index (Phi) is 5.88. The van der Waals surface area contributed by atoms with Crippen molar-refractivity contribution in [2.24, 2.45) is 4.99 Å². The van der Waals surface area contributed by atoms with Gasteiger partial charge in [-0.25, -0.2) is 9.18 Å². The number of ether oxygens (including phenoxy) is 1. The number of hydrogen-bond acceptors (Lipinski definition) is 5. The zero-order chi connectivity index (χ0) is 19.4. The van der Waals surface area contributed by atoms with E-state index < -0.39 is 11.8 Å². The third kappa shape index (κ3) is 4.18. The summed E-state index contributed by atoms with van der Waals surface area (Å²) in [6.07, 6.45) is 1.69. The first-order chi connectivity index (χ1) is 13.0. The first-order valence-electron chi connectivity index (χ1n) is 7.80. The van der Waals surface area contributed by atoms with Crippen LogP contribution in [0, 0.1) is 5.82 Å². The maximum Gasteiger partial charge on any atom is 0.343 e. The van der Waals surface area contributed by atoms with E-state index in [-0.39, 0.29) is 34.0 Å². The van der Waals surface area contributed by atoms with Crippen molar-refractivity contribution in [1.82, 2.24) is 5.16 Å². The molecule has 8 heteroatoms. The first-order valence-corrected chi connectivity index (χ1v) is 8.56. The minimum absolute atomic E-state index is 0.00653. The topological polar surface area (TPSA) is 64.7 Å². The smallest absolute Gasteiger partial charge is 0.343 e. The van der Waals surface area contributed by atoms with E-state index in [2.05, 4.69) is 10.1 Å². The summed E-state index contributed by atoms with van der Waals surface area (Å²) in [5.74, 6) is -1.14. The van der Waals surface area contributed by atoms with Gasteiger partial charge in [-0.2, -0.15) is 0 Å². The molecule has 138 valence electrons. The summed E-state index contributed by atoms with van der Waals surface area (Å²) in [5, 5.41) is 4.54. The van der Waals surface area contributed by atoms with Gasteiger partial charge >= 0.3 is 5.97 Å². The van der Waals surface area contributed by atoms with E-state index in [1.807, 2.05) is 0 Å². The van der Waals surface area contributed by atoms with Crippen molar-refractivity contribution in [2.75, 3.05) is 7.11 Å². The van der Waals surface area contributed by atoms with E-state index in [1.165, 1.54) is 25.3 Å². The molecule has 0 aliphatic carbocycles. The number of methoxy groups -OCH3 is 1. The number of nitrogens with zero attached hydrogens (tertiary/aromatic N) is 2. The minimum atomic E-state index is -0.708. The first kappa shape index (κ1) is 19.1. The van der Waals surface area contributed by atoms with Gasteiger partial charge in [0.15, 0.2) is 5.76 Å². The highest BCUT2D eigenvalue weighted by Crippen LogP contribution is 2.34. The maximum atomic E-state index is 14.2. The van der Waals surface area contributed by atoms with Gasteiger partial charge in [-0.1, -0.05) is 34.4 Å². The molecule has 0 unspecified atom stereocenters. The molecule has 5 nitrogen and oxygen atoms in total. The van der Waals surface area contributed by atoms with Crippen LogP contribution in [0.15, 0.2) is 52.0 Å². The molecule has 1 heterocycles. The van der Waals surface area contributed by atoms with Crippen molar-refractivity contribution in [3.63, 3.8) is 0 Å². The summed E-state index contributed by atoms with van der Waals surface area (Å²) in [5.41, 5.74) is 0.645. The average Bonchev–Trinajstić information content (AvgIpc) is 3.06. The Balaban J connectivity index is 1.96. The largest absolute Gasteiger partial charge is 0.465 e. The van der Waals surface area contributed by atoms with Crippen LogP contribution in [0.2, 0.25) is 10.0 Å². The van der Waals surface area contributed by atoms with E-state index in [9.17, 15) is 9.18 Å². The molecule has 1 aromatic heterocycles. The second-order valence-corrected chi connectivity index (χ2v) is 6.25. The van der Waals surface area contributed by atoms with Crippen molar-refractivity contribution in [3.05, 3.63) is 69.7 Å². The highest BCUT2D eigenvalue weighted by atomic mass is 35.5. The van der Waals surface area contributed by atoms with E-state index >= 15 is 0 Å². The number of halogens is 3. The lowest BCUT2D eigenvalue weighted by molar-refractivity contribution is 0.0599. The van der Waals surface area contributed by atoms with Crippen LogP contribution in [0.25, 0.3) is 11.3 Å². The third-order valence-electron chi connectivity index (χ3n) is 3.70. The van der Waals surface area contributed by atoms with Crippen LogP contribution < -0.4 is 0 Å². The van der Waals surface area contributed by atoms with Crippen LogP contribution in [-0.4, -0.2) is 24.5 Å². The number of benzene rings is 2. The van der Waals surface area contributed by atoms with E-state index in [0.29, 0.717) is 10.7 Å². The van der Waals surface area contributed by atoms with Crippen molar-refractivity contribution in [1.29, 1.82) is 0 Å². The molecule has 3 rings (SSSR count). The summed E-state index contributed by atoms with van der Waals surface area (Å²) < 4.78 is 24.3. The molecule has 0 amide bonds. The van der Waals surface area contributed by atoms with Gasteiger partial charge < -0.3 is 9.26 Å². The predicted molar refractivity (Wildman–Crippen MR) is 102 cm³/mol. The van der Waals surface area contributed by atoms with Crippen LogP contribution in [0.3, 0.4) is 0 Å². The zero-order valence-electron chi connectivity index (χ0n) is 14.1. The number of hydrogen-bond donors (Lipinski definition) is 0. The lowest BCUT2D eigenvalue weighted by Crippen LogP contribution is -2.06. The molecule has 0 radical (unpaired) electrons. The Morgan fingerprint density at radius 2 is 2.00 bits per heavy atom. The van der Waals surface area contributed by atoms with Gasteiger partial charge in [0.1, 0.15) is 17.1 Å². The molecular formula is C19H13Cl2FN2O3. The fourth-order valence-electron chi connectivity index (χ4n) is 2.43. The molecule has 0 aliphatic rings. The van der Waals surface area contributed by atoms with Crippen molar-refractivity contribution >= 4 is 41.1 Å². The van der Waals surface area contributed by atoms with Crippen LogP contribution in [0.5, 0.6) is 0 Å². The van der Waals surface area contributed by atoms with Crippen LogP contribution >= 0.6 is 23.2 Å². The van der Waals surface area contributed by atoms with E-state index in [4.69, 9.17) is 32.5 Å². The zero-order valence-corrected chi connectivity index (χ0v) is 15.6. The Bertz CT molecular complexity index is 980. The lowest BCUT2D eigenvalue weighted by atomic mass is 10.0. The summed E-state index contributed by atoms with van der Waals surface area (Å²) in [4.78, 5) is 16.5. The molecule has 0 atom stereocenters. The van der Waals surface area contributed by atoms with Gasteiger partial charge in [0.2, 0.25) is 0 Å². The Morgan fingerprint density at radius 3 is 2.67 bits per heavy atom. The number of carbonyl (C=O) groups is 1. The van der Waals surface area contributed by atoms with Gasteiger partial charge in [0, 0.05) is 17.7 Å². The molecule has 0 bridgehead atoms. The van der Waals surface area contributed by atoms with Crippen molar-refractivity contribution < 1.29 is 18.4 Å². The second kappa shape index (κ2) is 8.33. The molecule has 0 aliphatic heterocycles. The summed E-state index contributed by atoms with van der Waals surface area (Å²) in [6.45, 7) is 0. The molecule has 0 saturated carbocycles. The number of carbonyl (C=O) groups excluding carboxylic acids is 1. The Labute approximate surface area is 164 Å². The fourth-order valence-corrected chi connectivity index (χ4v) is 2.81. The second-order valence-electron chi connectivity index (χ2n) is 5.41. The molecular weight excluding hydrogens is 394 g/mol. The van der Waals surface area contributed by atoms with Gasteiger partial charge in [0.25, 0.3) is 0 Å². The van der Waals surface area contributed by atoms with Crippen LogP contribution in [-0.2, 0) is 11.2 Å². The Hall–Kier alpha value is -2.70. The summed E-state index contributed by atoms with van der Waals surface area (Å²) >= 11 is 11.9. The minimum Gasteiger partial charge on any atom is -0.465 e. The van der Waals surface area contributed by atoms with Crippen molar-refractivity contribution in [2.45, 2.75) is 6.42 Å². The monoisotopic (exact) mass is 406 g/mol. The number of aliphatic imine (C=N–C) groups is 1. The van der Waals surface area contributed by atoms with Crippen molar-refractivity contribution in [3.8, 4) is 11.3 Å². The summed E-state index contributed by atoms with van der Waals surface area (Å²) in [6, 6.07) is 11.1. The molecule has 3 aromatic rings. The van der Waals surface area contributed by atoms with Crippen LogP contribution in [0.1, 0.15) is 16.1 Å². The highest BCUT2D eigenvalue weighted by Gasteiger charge is 2.27. The summed E-state index contributed by atoms with van der Waals surface area (Å²) in [7, 11) is 1.22. The predicted octanol–water partition coefficient (Wildman–Crippen LogP) is 5.52. The van der Waals surface area contributed by atoms with Gasteiger partial charge in [-0.3, -0.25) is 4.99 Å². The lowest BCUT2D eigenvalue weighted by Gasteiger charge is -2.04. The Morgan fingerprint density at radius 1 is 1.26 bits per heavy atom. The maximum absolute atomic E-state index is 14.2. The molecule has 0 saturated heterocycles. The van der Waals surface area contributed by atoms with Gasteiger partial charge in [-0.15, -0.1) is 0 Å². The van der Waals surface area contributed by atoms with Gasteiger partial charge in [0.05, 0.1) is 23.4 Å². The number of aromatic nitrogens is 1. The van der Waals surface area contributed by atoms with Crippen LogP contribution in [0.4, 0.5) is 10.1 Å². The van der Waals surface area contributed by atoms with E-state index in [1.54, 1.807) is 30.5 Å². The number of rotatable bonds is 5. The fraction of sp³-hybridized carbons (Fsp3) is 0.105. The quantitative estimate of drug-likeness (QED) is 0.413. The molecule has 0 N–H and O–H groups in total. The SMILES string of the molecule is COC(=O)c1c(-c2c(F)cccc2Cl)noc1CC=Nc1ccc(Cl)cc1. The molecule has 27 heavy (non-hydrogen) atoms.